The van der Waals surface area contributed by atoms with Crippen molar-refractivity contribution >= 4 is 51.5 Å². The van der Waals surface area contributed by atoms with Crippen LogP contribution in [-0.4, -0.2) is 35.3 Å². The molecule has 0 saturated heterocycles. The van der Waals surface area contributed by atoms with Crippen molar-refractivity contribution in [3.8, 4) is 11.3 Å². The average molecular weight is 582 g/mol. The maximum atomic E-state index is 14.1. The van der Waals surface area contributed by atoms with Crippen molar-refractivity contribution < 1.29 is 18.0 Å². The van der Waals surface area contributed by atoms with Gasteiger partial charge in [0.15, 0.2) is 11.3 Å². The van der Waals surface area contributed by atoms with E-state index in [4.69, 9.17) is 23.2 Å². The number of nitrogens with zero attached hydrogens (tertiary/aromatic N) is 6. The SMILES string of the molecule is O=C(Nc1ncn(Cc2ccc(Cl)cc2Cl)n1)c1cnn2c(C(F)(F)F)cc(-c3cccc4ccccc34)nc12. The fraction of sp³-hybridized carbons (Fsp3) is 0.0741. The topological polar surface area (TPSA) is 90.0 Å². The molecule has 0 radical (unpaired) electrons. The summed E-state index contributed by atoms with van der Waals surface area (Å²) < 4.78 is 44.3. The molecule has 200 valence electrons. The predicted molar refractivity (Wildman–Crippen MR) is 144 cm³/mol. The van der Waals surface area contributed by atoms with E-state index in [9.17, 15) is 18.0 Å². The second-order valence-electron chi connectivity index (χ2n) is 8.80. The first-order valence-corrected chi connectivity index (χ1v) is 12.5. The van der Waals surface area contributed by atoms with Gasteiger partial charge in [0.1, 0.15) is 11.9 Å². The molecule has 0 fully saturated rings. The minimum absolute atomic E-state index is 0.0495. The van der Waals surface area contributed by atoms with Crippen molar-refractivity contribution in [2.24, 2.45) is 0 Å². The Morgan fingerprint density at radius 2 is 1.80 bits per heavy atom. The van der Waals surface area contributed by atoms with Crippen LogP contribution in [0.5, 0.6) is 0 Å². The van der Waals surface area contributed by atoms with Crippen LogP contribution in [0, 0.1) is 0 Å². The molecule has 1 amide bonds. The number of fused-ring (bicyclic) bond motifs is 2. The summed E-state index contributed by atoms with van der Waals surface area (Å²) in [7, 11) is 0. The fourth-order valence-electron chi connectivity index (χ4n) is 4.33. The summed E-state index contributed by atoms with van der Waals surface area (Å²) in [6.07, 6.45) is -2.34. The smallest absolute Gasteiger partial charge is 0.289 e. The van der Waals surface area contributed by atoms with Crippen molar-refractivity contribution in [1.82, 2.24) is 29.4 Å². The highest BCUT2D eigenvalue weighted by Gasteiger charge is 2.36. The van der Waals surface area contributed by atoms with Crippen molar-refractivity contribution in [3.05, 3.63) is 106 Å². The molecule has 0 saturated carbocycles. The number of hydrogen-bond donors (Lipinski definition) is 1. The van der Waals surface area contributed by atoms with Gasteiger partial charge in [-0.3, -0.25) is 10.1 Å². The van der Waals surface area contributed by atoms with Crippen LogP contribution in [0.2, 0.25) is 10.0 Å². The highest BCUT2D eigenvalue weighted by Crippen LogP contribution is 2.35. The van der Waals surface area contributed by atoms with E-state index in [2.05, 4.69) is 25.5 Å². The lowest BCUT2D eigenvalue weighted by Gasteiger charge is -2.13. The Morgan fingerprint density at radius 1 is 1.00 bits per heavy atom. The second-order valence-corrected chi connectivity index (χ2v) is 9.64. The molecule has 6 aromatic rings. The minimum atomic E-state index is -4.76. The molecule has 0 aliphatic heterocycles. The molecule has 8 nitrogen and oxygen atoms in total. The van der Waals surface area contributed by atoms with Gasteiger partial charge in [-0.1, -0.05) is 71.7 Å². The van der Waals surface area contributed by atoms with Gasteiger partial charge < -0.3 is 0 Å². The van der Waals surface area contributed by atoms with E-state index in [1.165, 1.54) is 11.0 Å². The summed E-state index contributed by atoms with van der Waals surface area (Å²) in [5, 5.41) is 13.0. The molecule has 13 heteroatoms. The summed E-state index contributed by atoms with van der Waals surface area (Å²) in [6, 6.07) is 18.5. The number of anilines is 1. The van der Waals surface area contributed by atoms with Crippen LogP contribution in [-0.2, 0) is 12.7 Å². The summed E-state index contributed by atoms with van der Waals surface area (Å²) in [4.78, 5) is 21.7. The predicted octanol–water partition coefficient (Wildman–Crippen LogP) is 6.77. The zero-order valence-corrected chi connectivity index (χ0v) is 21.7. The molecule has 3 heterocycles. The van der Waals surface area contributed by atoms with Gasteiger partial charge in [-0.25, -0.2) is 19.2 Å². The maximum Gasteiger partial charge on any atom is 0.433 e. The van der Waals surface area contributed by atoms with E-state index >= 15 is 0 Å². The number of carbonyl (C=O) groups excluding carboxylic acids is 1. The molecule has 0 spiro atoms. The van der Waals surface area contributed by atoms with E-state index in [1.54, 1.807) is 42.5 Å². The third kappa shape index (κ3) is 4.85. The molecule has 40 heavy (non-hydrogen) atoms. The molecule has 0 aliphatic rings. The van der Waals surface area contributed by atoms with E-state index in [0.29, 0.717) is 20.1 Å². The van der Waals surface area contributed by atoms with Crippen LogP contribution in [0.4, 0.5) is 19.1 Å². The summed E-state index contributed by atoms with van der Waals surface area (Å²) in [5.74, 6) is -0.830. The number of hydrogen-bond acceptors (Lipinski definition) is 5. The quantitative estimate of drug-likeness (QED) is 0.243. The van der Waals surface area contributed by atoms with Gasteiger partial charge >= 0.3 is 6.18 Å². The van der Waals surface area contributed by atoms with Crippen molar-refractivity contribution in [2.45, 2.75) is 12.7 Å². The Balaban J connectivity index is 1.36. The van der Waals surface area contributed by atoms with Gasteiger partial charge in [-0.05, 0) is 34.5 Å². The molecule has 0 unspecified atom stereocenters. The maximum absolute atomic E-state index is 14.1. The summed E-state index contributed by atoms with van der Waals surface area (Å²) in [6.45, 7) is 0.250. The number of alkyl halides is 3. The highest BCUT2D eigenvalue weighted by molar-refractivity contribution is 6.35. The minimum Gasteiger partial charge on any atom is -0.289 e. The molecule has 6 rings (SSSR count). The van der Waals surface area contributed by atoms with Crippen molar-refractivity contribution in [2.75, 3.05) is 5.32 Å². The molecule has 0 atom stereocenters. The zero-order chi connectivity index (χ0) is 28.0. The molecule has 3 aromatic carbocycles. The number of rotatable bonds is 5. The molecule has 3 aromatic heterocycles. The van der Waals surface area contributed by atoms with E-state index < -0.39 is 17.8 Å². The van der Waals surface area contributed by atoms with Crippen LogP contribution >= 0.6 is 23.2 Å². The van der Waals surface area contributed by atoms with Crippen molar-refractivity contribution in [3.63, 3.8) is 0 Å². The number of amides is 1. The summed E-state index contributed by atoms with van der Waals surface area (Å²) >= 11 is 12.2. The van der Waals surface area contributed by atoms with E-state index in [1.807, 2.05) is 18.2 Å². The normalized spacial score (nSPS) is 11.8. The molecular weight excluding hydrogens is 566 g/mol. The average Bonchev–Trinajstić information content (AvgIpc) is 3.55. The first-order valence-electron chi connectivity index (χ1n) is 11.8. The fourth-order valence-corrected chi connectivity index (χ4v) is 4.80. The standard InChI is InChI=1S/C27H16Cl2F3N7O/c28-17-9-8-16(21(29)10-17)13-38-14-33-26(37-38)36-25(40)20-12-34-39-23(27(30,31)32)11-22(35-24(20)39)19-7-3-5-15-4-1-2-6-18(15)19/h1-12,14H,13H2,(H,36,37,40). The van der Waals surface area contributed by atoms with Gasteiger partial charge in [0, 0.05) is 15.6 Å². The summed E-state index contributed by atoms with van der Waals surface area (Å²) in [5.41, 5.74) is -0.247. The largest absolute Gasteiger partial charge is 0.433 e. The van der Waals surface area contributed by atoms with Gasteiger partial charge in [0.25, 0.3) is 5.91 Å². The first kappa shape index (κ1) is 25.8. The molecule has 1 N–H and O–H groups in total. The zero-order valence-electron chi connectivity index (χ0n) is 20.2. The van der Waals surface area contributed by atoms with E-state index in [-0.39, 0.29) is 29.4 Å². The lowest BCUT2D eigenvalue weighted by Crippen LogP contribution is -2.16. The third-order valence-corrected chi connectivity index (χ3v) is 6.77. The highest BCUT2D eigenvalue weighted by atomic mass is 35.5. The Hall–Kier alpha value is -4.48. The molecule has 0 aliphatic carbocycles. The Morgan fingerprint density at radius 3 is 2.60 bits per heavy atom. The van der Waals surface area contributed by atoms with E-state index in [0.717, 1.165) is 28.6 Å². The lowest BCUT2D eigenvalue weighted by molar-refractivity contribution is -0.142. The van der Waals surface area contributed by atoms with Crippen LogP contribution in [0.1, 0.15) is 21.6 Å². The Bertz CT molecular complexity index is 1910. The van der Waals surface area contributed by atoms with Crippen LogP contribution < -0.4 is 5.32 Å². The first-order chi connectivity index (χ1) is 19.2. The van der Waals surface area contributed by atoms with Gasteiger partial charge in [-0.15, -0.1) is 5.10 Å². The van der Waals surface area contributed by atoms with Crippen LogP contribution in [0.3, 0.4) is 0 Å². The number of benzene rings is 3. The van der Waals surface area contributed by atoms with Crippen LogP contribution in [0.15, 0.2) is 79.3 Å². The second kappa shape index (κ2) is 9.92. The molecule has 0 bridgehead atoms. The number of carbonyl (C=O) groups is 1. The van der Waals surface area contributed by atoms with Gasteiger partial charge in [0.05, 0.1) is 18.4 Å². The lowest BCUT2D eigenvalue weighted by atomic mass is 10.0. The Labute approximate surface area is 234 Å². The number of aromatic nitrogens is 6. The third-order valence-electron chi connectivity index (χ3n) is 6.18. The van der Waals surface area contributed by atoms with Gasteiger partial charge in [0.2, 0.25) is 5.95 Å². The Kier molecular flexibility index (Phi) is 6.40. The number of nitrogens with one attached hydrogen (secondary N) is 1. The number of halogens is 5. The van der Waals surface area contributed by atoms with Gasteiger partial charge in [-0.2, -0.15) is 18.3 Å². The monoisotopic (exact) mass is 581 g/mol. The van der Waals surface area contributed by atoms with Crippen molar-refractivity contribution in [1.29, 1.82) is 0 Å². The molecular formula is C27H16Cl2F3N7O. The van der Waals surface area contributed by atoms with Crippen LogP contribution in [0.25, 0.3) is 27.7 Å².